The molecule has 0 fully saturated rings. The van der Waals surface area contributed by atoms with Gasteiger partial charge in [0.15, 0.2) is 0 Å². The Balaban J connectivity index is 0.00000144. The first-order valence-corrected chi connectivity index (χ1v) is 5.17. The van der Waals surface area contributed by atoms with Crippen LogP contribution in [0.2, 0.25) is 0 Å². The van der Waals surface area contributed by atoms with Crippen molar-refractivity contribution in [2.24, 2.45) is 0 Å². The molecule has 1 radical (unpaired) electrons. The van der Waals surface area contributed by atoms with Crippen molar-refractivity contribution in [2.75, 3.05) is 7.11 Å². The van der Waals surface area contributed by atoms with Crippen molar-refractivity contribution < 1.29 is 37.4 Å². The van der Waals surface area contributed by atoms with Crippen molar-refractivity contribution >= 4 is 12.2 Å². The molecule has 0 saturated heterocycles. The summed E-state index contributed by atoms with van der Waals surface area (Å²) in [4.78, 5) is 0. The second-order valence-corrected chi connectivity index (χ2v) is 3.44. The molecule has 0 heterocycles. The van der Waals surface area contributed by atoms with Gasteiger partial charge in [0.2, 0.25) is 0 Å². The third-order valence-electron chi connectivity index (χ3n) is 2.33. The quantitative estimate of drug-likeness (QED) is 0.620. The van der Waals surface area contributed by atoms with Crippen LogP contribution < -0.4 is 4.74 Å². The van der Waals surface area contributed by atoms with E-state index in [1.54, 1.807) is 7.11 Å². The maximum Gasteiger partial charge on any atom is 0.118 e. The summed E-state index contributed by atoms with van der Waals surface area (Å²) in [7, 11) is 1.67. The second kappa shape index (κ2) is 7.42. The van der Waals surface area contributed by atoms with Crippen molar-refractivity contribution in [1.82, 2.24) is 0 Å². The molecule has 0 aliphatic rings. The molecule has 0 aliphatic carbocycles. The zero-order valence-corrected chi connectivity index (χ0v) is 12.6. The smallest absolute Gasteiger partial charge is 0.118 e. The number of methoxy groups -OCH3 is 1. The molecule has 0 amide bonds. The molecule has 0 bridgehead atoms. The van der Waals surface area contributed by atoms with E-state index in [1.165, 1.54) is 5.56 Å². The van der Waals surface area contributed by atoms with E-state index in [1.807, 2.05) is 48.5 Å². The Morgan fingerprint density at radius 3 is 1.94 bits per heavy atom. The van der Waals surface area contributed by atoms with E-state index in [9.17, 15) is 0 Å². The van der Waals surface area contributed by atoms with Crippen LogP contribution in [0.1, 0.15) is 11.1 Å². The molecule has 0 unspecified atom stereocenters. The minimum Gasteiger partial charge on any atom is -0.497 e. The molecule has 2 aromatic rings. The summed E-state index contributed by atoms with van der Waals surface area (Å²) in [6.45, 7) is 0. The van der Waals surface area contributed by atoms with Gasteiger partial charge in [-0.1, -0.05) is 24.3 Å². The van der Waals surface area contributed by atoms with Gasteiger partial charge >= 0.3 is 0 Å². The summed E-state index contributed by atoms with van der Waals surface area (Å²) >= 11 is 0. The van der Waals surface area contributed by atoms with Crippen LogP contribution in [0.3, 0.4) is 0 Å². The van der Waals surface area contributed by atoms with Gasteiger partial charge in [0.1, 0.15) is 5.75 Å². The van der Waals surface area contributed by atoms with E-state index in [2.05, 4.69) is 18.2 Å². The number of benzene rings is 2. The summed E-state index contributed by atoms with van der Waals surface area (Å²) in [6.07, 6.45) is 4.16. The Morgan fingerprint density at radius 1 is 0.882 bits per heavy atom. The van der Waals surface area contributed by atoms with Gasteiger partial charge < -0.3 is 4.74 Å². The average molecular weight is 298 g/mol. The standard InChI is InChI=1S/C15H13O.Y/c1-16-15-11-9-14(10-12-15)8-7-13-5-3-2-4-6-13;/h3-12H,1H3;/q-1;/b8-7+;. The second-order valence-electron chi connectivity index (χ2n) is 3.44. The van der Waals surface area contributed by atoms with Crippen LogP contribution in [0.25, 0.3) is 12.2 Å². The normalized spacial score (nSPS) is 9.94. The third-order valence-corrected chi connectivity index (χ3v) is 2.33. The van der Waals surface area contributed by atoms with Crippen LogP contribution in [0, 0.1) is 6.07 Å². The summed E-state index contributed by atoms with van der Waals surface area (Å²) < 4.78 is 5.10. The monoisotopic (exact) mass is 298 g/mol. The summed E-state index contributed by atoms with van der Waals surface area (Å²) in [5.74, 6) is 0.881. The van der Waals surface area contributed by atoms with Crippen molar-refractivity contribution in [3.63, 3.8) is 0 Å². The van der Waals surface area contributed by atoms with Gasteiger partial charge in [-0.3, -0.25) is 0 Å². The van der Waals surface area contributed by atoms with E-state index >= 15 is 0 Å². The van der Waals surface area contributed by atoms with Gasteiger partial charge in [0.05, 0.1) is 7.11 Å². The van der Waals surface area contributed by atoms with Gasteiger partial charge in [-0.05, 0) is 17.7 Å². The van der Waals surface area contributed by atoms with E-state index in [0.29, 0.717) is 0 Å². The third kappa shape index (κ3) is 4.45. The van der Waals surface area contributed by atoms with Crippen LogP contribution in [0.15, 0.2) is 48.5 Å². The Morgan fingerprint density at radius 2 is 1.41 bits per heavy atom. The SMILES string of the molecule is COc1ccc(/C=C/c2cc[c-]cc2)cc1.[Y]. The Bertz CT molecular complexity index is 460. The molecular weight excluding hydrogens is 285 g/mol. The molecule has 83 valence electrons. The molecule has 1 nitrogen and oxygen atoms in total. The minimum atomic E-state index is 0. The maximum atomic E-state index is 5.10. The summed E-state index contributed by atoms with van der Waals surface area (Å²) in [6, 6.07) is 18.8. The van der Waals surface area contributed by atoms with E-state index < -0.39 is 0 Å². The fraction of sp³-hybridized carbons (Fsp3) is 0.0667. The average Bonchev–Trinajstić information content (AvgIpc) is 2.38. The number of ether oxygens (including phenoxy) is 1. The van der Waals surface area contributed by atoms with Gasteiger partial charge in [-0.2, -0.15) is 30.3 Å². The molecule has 0 aliphatic heterocycles. The number of hydrogen-bond acceptors (Lipinski definition) is 1. The summed E-state index contributed by atoms with van der Waals surface area (Å²) in [5, 5.41) is 0. The number of hydrogen-bond donors (Lipinski definition) is 0. The molecular formula is C15H13OY-. The Labute approximate surface area is 127 Å². The van der Waals surface area contributed by atoms with E-state index in [-0.39, 0.29) is 32.7 Å². The van der Waals surface area contributed by atoms with Crippen LogP contribution in [0.4, 0.5) is 0 Å². The van der Waals surface area contributed by atoms with Gasteiger partial charge in [0.25, 0.3) is 0 Å². The first-order chi connectivity index (χ1) is 7.88. The largest absolute Gasteiger partial charge is 0.497 e. The van der Waals surface area contributed by atoms with Crippen molar-refractivity contribution in [3.8, 4) is 5.75 Å². The Hall–Kier alpha value is -0.916. The molecule has 0 N–H and O–H groups in total. The maximum absolute atomic E-state index is 5.10. The number of rotatable bonds is 3. The van der Waals surface area contributed by atoms with Crippen LogP contribution in [-0.2, 0) is 32.7 Å². The van der Waals surface area contributed by atoms with Crippen LogP contribution >= 0.6 is 0 Å². The molecule has 2 heteroatoms. The molecule has 2 rings (SSSR count). The molecule has 0 spiro atoms. The molecule has 0 aromatic heterocycles. The molecule has 0 atom stereocenters. The minimum absolute atomic E-state index is 0. The van der Waals surface area contributed by atoms with Crippen molar-refractivity contribution in [3.05, 3.63) is 65.7 Å². The fourth-order valence-electron chi connectivity index (χ4n) is 1.42. The first-order valence-electron chi connectivity index (χ1n) is 5.17. The van der Waals surface area contributed by atoms with Gasteiger partial charge in [0, 0.05) is 32.7 Å². The fourth-order valence-corrected chi connectivity index (χ4v) is 1.42. The topological polar surface area (TPSA) is 9.23 Å². The Kier molecular flexibility index (Phi) is 6.17. The van der Waals surface area contributed by atoms with Gasteiger partial charge in [-0.25, -0.2) is 0 Å². The summed E-state index contributed by atoms with van der Waals surface area (Å²) in [5.41, 5.74) is 2.34. The predicted molar refractivity (Wildman–Crippen MR) is 67.2 cm³/mol. The predicted octanol–water partition coefficient (Wildman–Crippen LogP) is 3.66. The van der Waals surface area contributed by atoms with Gasteiger partial charge in [-0.15, -0.1) is 5.56 Å². The molecule has 2 aromatic carbocycles. The van der Waals surface area contributed by atoms with Crippen LogP contribution in [0.5, 0.6) is 5.75 Å². The van der Waals surface area contributed by atoms with Crippen molar-refractivity contribution in [1.29, 1.82) is 0 Å². The molecule has 17 heavy (non-hydrogen) atoms. The van der Waals surface area contributed by atoms with Crippen molar-refractivity contribution in [2.45, 2.75) is 0 Å². The zero-order chi connectivity index (χ0) is 11.2. The first kappa shape index (κ1) is 14.1. The van der Waals surface area contributed by atoms with Crippen LogP contribution in [-0.4, -0.2) is 7.11 Å². The zero-order valence-electron chi connectivity index (χ0n) is 9.76. The van der Waals surface area contributed by atoms with E-state index in [4.69, 9.17) is 4.74 Å². The molecule has 0 saturated carbocycles. The van der Waals surface area contributed by atoms with E-state index in [0.717, 1.165) is 11.3 Å².